The molecule has 0 saturated carbocycles. The third-order valence-corrected chi connectivity index (χ3v) is 3.46. The number of methoxy groups -OCH3 is 1. The van der Waals surface area contributed by atoms with Crippen molar-refractivity contribution in [3.63, 3.8) is 0 Å². The fourth-order valence-electron chi connectivity index (χ4n) is 2.46. The summed E-state index contributed by atoms with van der Waals surface area (Å²) in [6, 6.07) is 7.07. The second-order valence-electron chi connectivity index (χ2n) is 4.67. The Kier molecular flexibility index (Phi) is 4.04. The SMILES string of the molecule is COc1ccccc1CC1NC(=O)CCC1C(=O)O. The molecule has 1 amide bonds. The smallest absolute Gasteiger partial charge is 0.308 e. The van der Waals surface area contributed by atoms with Crippen LogP contribution in [0.25, 0.3) is 0 Å². The maximum absolute atomic E-state index is 11.5. The first-order valence-corrected chi connectivity index (χ1v) is 6.26. The molecule has 19 heavy (non-hydrogen) atoms. The van der Waals surface area contributed by atoms with Crippen molar-refractivity contribution >= 4 is 11.9 Å². The van der Waals surface area contributed by atoms with E-state index in [0.717, 1.165) is 5.56 Å². The Bertz CT molecular complexity index is 486. The number of carbonyl (C=O) groups is 2. The number of carboxylic acid groups (broad SMARTS) is 1. The summed E-state index contributed by atoms with van der Waals surface area (Å²) in [5, 5.41) is 12.0. The monoisotopic (exact) mass is 263 g/mol. The lowest BCUT2D eigenvalue weighted by Crippen LogP contribution is -2.49. The van der Waals surface area contributed by atoms with Gasteiger partial charge in [-0.05, 0) is 24.5 Å². The highest BCUT2D eigenvalue weighted by Gasteiger charge is 2.34. The standard InChI is InChI=1S/C14H17NO4/c1-19-12-5-3-2-4-9(12)8-11-10(14(17)18)6-7-13(16)15-11/h2-5,10-11H,6-8H2,1H3,(H,15,16)(H,17,18). The molecule has 0 bridgehead atoms. The summed E-state index contributed by atoms with van der Waals surface area (Å²) < 4.78 is 5.25. The number of nitrogens with one attached hydrogen (secondary N) is 1. The average molecular weight is 263 g/mol. The van der Waals surface area contributed by atoms with Gasteiger partial charge in [-0.3, -0.25) is 9.59 Å². The van der Waals surface area contributed by atoms with Crippen molar-refractivity contribution in [1.29, 1.82) is 0 Å². The summed E-state index contributed by atoms with van der Waals surface area (Å²) in [6.45, 7) is 0. The molecule has 2 rings (SSSR count). The fraction of sp³-hybridized carbons (Fsp3) is 0.429. The van der Waals surface area contributed by atoms with Crippen molar-refractivity contribution in [1.82, 2.24) is 5.32 Å². The summed E-state index contributed by atoms with van der Waals surface area (Å²) >= 11 is 0. The van der Waals surface area contributed by atoms with E-state index in [1.54, 1.807) is 7.11 Å². The molecule has 1 aromatic rings. The molecule has 1 aliphatic heterocycles. The fourth-order valence-corrected chi connectivity index (χ4v) is 2.46. The van der Waals surface area contributed by atoms with Crippen LogP contribution in [0, 0.1) is 5.92 Å². The van der Waals surface area contributed by atoms with Crippen molar-refractivity contribution in [2.45, 2.75) is 25.3 Å². The zero-order valence-electron chi connectivity index (χ0n) is 10.8. The third-order valence-electron chi connectivity index (χ3n) is 3.46. The van der Waals surface area contributed by atoms with E-state index >= 15 is 0 Å². The van der Waals surface area contributed by atoms with Crippen LogP contribution in [0.15, 0.2) is 24.3 Å². The lowest BCUT2D eigenvalue weighted by atomic mass is 9.86. The molecule has 5 heteroatoms. The van der Waals surface area contributed by atoms with E-state index in [1.807, 2.05) is 24.3 Å². The van der Waals surface area contributed by atoms with Crippen LogP contribution in [0.4, 0.5) is 0 Å². The van der Waals surface area contributed by atoms with Gasteiger partial charge in [-0.2, -0.15) is 0 Å². The number of hydrogen-bond donors (Lipinski definition) is 2. The summed E-state index contributed by atoms with van der Waals surface area (Å²) in [7, 11) is 1.58. The first-order valence-electron chi connectivity index (χ1n) is 6.26. The number of piperidine rings is 1. The van der Waals surface area contributed by atoms with Gasteiger partial charge in [0.2, 0.25) is 5.91 Å². The number of hydrogen-bond acceptors (Lipinski definition) is 3. The first-order chi connectivity index (χ1) is 9.11. The summed E-state index contributed by atoms with van der Waals surface area (Å²) in [4.78, 5) is 22.7. The van der Waals surface area contributed by atoms with Gasteiger partial charge < -0.3 is 15.2 Å². The molecule has 102 valence electrons. The zero-order valence-corrected chi connectivity index (χ0v) is 10.8. The van der Waals surface area contributed by atoms with Crippen molar-refractivity contribution in [3.8, 4) is 5.75 Å². The summed E-state index contributed by atoms with van der Waals surface area (Å²) in [6.07, 6.45) is 1.13. The molecule has 0 aliphatic carbocycles. The topological polar surface area (TPSA) is 75.6 Å². The predicted octanol–water partition coefficient (Wildman–Crippen LogP) is 1.22. The van der Waals surface area contributed by atoms with Crippen LogP contribution in [-0.4, -0.2) is 30.1 Å². The van der Waals surface area contributed by atoms with Crippen molar-refractivity contribution in [2.24, 2.45) is 5.92 Å². The number of ether oxygens (including phenoxy) is 1. The van der Waals surface area contributed by atoms with Crippen LogP contribution >= 0.6 is 0 Å². The molecule has 1 aliphatic rings. The molecule has 1 fully saturated rings. The van der Waals surface area contributed by atoms with E-state index in [1.165, 1.54) is 0 Å². The van der Waals surface area contributed by atoms with Crippen LogP contribution in [0.3, 0.4) is 0 Å². The minimum absolute atomic E-state index is 0.0857. The van der Waals surface area contributed by atoms with Crippen LogP contribution < -0.4 is 10.1 Å². The van der Waals surface area contributed by atoms with Gasteiger partial charge in [-0.25, -0.2) is 0 Å². The van der Waals surface area contributed by atoms with Gasteiger partial charge in [0.15, 0.2) is 0 Å². The Balaban J connectivity index is 2.18. The van der Waals surface area contributed by atoms with Gasteiger partial charge in [0.1, 0.15) is 5.75 Å². The molecule has 0 radical (unpaired) electrons. The Hall–Kier alpha value is -2.04. The highest BCUT2D eigenvalue weighted by molar-refractivity contribution is 5.81. The highest BCUT2D eigenvalue weighted by atomic mass is 16.5. The van der Waals surface area contributed by atoms with E-state index < -0.39 is 11.9 Å². The normalized spacial score (nSPS) is 22.7. The molecular weight excluding hydrogens is 246 g/mol. The first kappa shape index (κ1) is 13.4. The summed E-state index contributed by atoms with van der Waals surface area (Å²) in [5.74, 6) is -0.772. The van der Waals surface area contributed by atoms with Crippen LogP contribution in [-0.2, 0) is 16.0 Å². The largest absolute Gasteiger partial charge is 0.496 e. The average Bonchev–Trinajstić information content (AvgIpc) is 2.39. The summed E-state index contributed by atoms with van der Waals surface area (Å²) in [5.41, 5.74) is 0.906. The molecule has 2 N–H and O–H groups in total. The molecule has 2 unspecified atom stereocenters. The lowest BCUT2D eigenvalue weighted by molar-refractivity contribution is -0.145. The van der Waals surface area contributed by atoms with E-state index in [2.05, 4.69) is 5.32 Å². The number of amides is 1. The number of rotatable bonds is 4. The molecule has 1 heterocycles. The second-order valence-corrected chi connectivity index (χ2v) is 4.67. The van der Waals surface area contributed by atoms with Gasteiger partial charge in [0, 0.05) is 12.5 Å². The van der Waals surface area contributed by atoms with Crippen molar-refractivity contribution < 1.29 is 19.4 Å². The Morgan fingerprint density at radius 2 is 2.21 bits per heavy atom. The molecule has 0 spiro atoms. The Morgan fingerprint density at radius 1 is 1.47 bits per heavy atom. The molecule has 1 saturated heterocycles. The number of carboxylic acids is 1. The molecule has 2 atom stereocenters. The number of aliphatic carboxylic acids is 1. The van der Waals surface area contributed by atoms with Gasteiger partial charge in [-0.1, -0.05) is 18.2 Å². The molecule has 0 aromatic heterocycles. The van der Waals surface area contributed by atoms with Crippen molar-refractivity contribution in [3.05, 3.63) is 29.8 Å². The van der Waals surface area contributed by atoms with Crippen LogP contribution in [0.2, 0.25) is 0 Å². The van der Waals surface area contributed by atoms with E-state index in [-0.39, 0.29) is 18.4 Å². The third kappa shape index (κ3) is 3.05. The maximum Gasteiger partial charge on any atom is 0.308 e. The van der Waals surface area contributed by atoms with E-state index in [4.69, 9.17) is 4.74 Å². The quantitative estimate of drug-likeness (QED) is 0.856. The maximum atomic E-state index is 11.5. The minimum atomic E-state index is -0.861. The minimum Gasteiger partial charge on any atom is -0.496 e. The van der Waals surface area contributed by atoms with E-state index in [9.17, 15) is 14.7 Å². The van der Waals surface area contributed by atoms with Gasteiger partial charge in [0.05, 0.1) is 13.0 Å². The lowest BCUT2D eigenvalue weighted by Gasteiger charge is -2.29. The second kappa shape index (κ2) is 5.73. The molecule has 1 aromatic carbocycles. The zero-order chi connectivity index (χ0) is 13.8. The predicted molar refractivity (Wildman–Crippen MR) is 69.0 cm³/mol. The number of para-hydroxylation sites is 1. The Morgan fingerprint density at radius 3 is 2.89 bits per heavy atom. The van der Waals surface area contributed by atoms with E-state index in [0.29, 0.717) is 18.6 Å². The number of benzene rings is 1. The Labute approximate surface area is 111 Å². The molecular formula is C14H17NO4. The molecule has 5 nitrogen and oxygen atoms in total. The van der Waals surface area contributed by atoms with Crippen LogP contribution in [0.1, 0.15) is 18.4 Å². The van der Waals surface area contributed by atoms with Gasteiger partial charge in [0.25, 0.3) is 0 Å². The highest BCUT2D eigenvalue weighted by Crippen LogP contribution is 2.25. The van der Waals surface area contributed by atoms with Crippen molar-refractivity contribution in [2.75, 3.05) is 7.11 Å². The number of carbonyl (C=O) groups excluding carboxylic acids is 1. The van der Waals surface area contributed by atoms with Gasteiger partial charge >= 0.3 is 5.97 Å². The van der Waals surface area contributed by atoms with Crippen LogP contribution in [0.5, 0.6) is 5.75 Å². The van der Waals surface area contributed by atoms with Gasteiger partial charge in [-0.15, -0.1) is 0 Å².